The molecule has 0 radical (unpaired) electrons. The van der Waals surface area contributed by atoms with Crippen molar-refractivity contribution in [2.75, 3.05) is 13.1 Å². The van der Waals surface area contributed by atoms with Gasteiger partial charge in [-0.2, -0.15) is 9.57 Å². The van der Waals surface area contributed by atoms with Gasteiger partial charge in [-0.3, -0.25) is 4.57 Å². The van der Waals surface area contributed by atoms with Gasteiger partial charge in [0, 0.05) is 30.4 Å². The topological polar surface area (TPSA) is 91.9 Å². The van der Waals surface area contributed by atoms with E-state index in [1.54, 1.807) is 36.0 Å². The summed E-state index contributed by atoms with van der Waals surface area (Å²) in [5, 5.41) is 18.8. The predicted molar refractivity (Wildman–Crippen MR) is 131 cm³/mol. The number of nitrogens with zero attached hydrogens (tertiary/aromatic N) is 5. The highest BCUT2D eigenvalue weighted by atomic mass is 32.2. The third-order valence-corrected chi connectivity index (χ3v) is 8.62. The number of hydrogen-bond acceptors (Lipinski definition) is 6. The van der Waals surface area contributed by atoms with Gasteiger partial charge >= 0.3 is 0 Å². The number of benzene rings is 2. The molecule has 3 rings (SSSR count). The van der Waals surface area contributed by atoms with Crippen LogP contribution in [0.1, 0.15) is 51.3 Å². The van der Waals surface area contributed by atoms with Crippen molar-refractivity contribution in [3.05, 3.63) is 59.7 Å². The van der Waals surface area contributed by atoms with Crippen molar-refractivity contribution >= 4 is 21.8 Å². The van der Waals surface area contributed by atoms with Crippen molar-refractivity contribution in [2.45, 2.75) is 56.0 Å². The molecular formula is C24H29N5O2S2. The molecule has 0 saturated heterocycles. The first-order valence-corrected chi connectivity index (χ1v) is 13.5. The lowest BCUT2D eigenvalue weighted by Gasteiger charge is -2.19. The second-order valence-corrected chi connectivity index (χ2v) is 10.5. The van der Waals surface area contributed by atoms with Gasteiger partial charge < -0.3 is 0 Å². The molecule has 1 atom stereocenters. The van der Waals surface area contributed by atoms with E-state index in [1.165, 1.54) is 4.31 Å². The highest BCUT2D eigenvalue weighted by Crippen LogP contribution is 2.32. The van der Waals surface area contributed by atoms with Crippen molar-refractivity contribution in [1.29, 1.82) is 5.26 Å². The third-order valence-electron chi connectivity index (χ3n) is 5.56. The Hall–Kier alpha value is -2.67. The van der Waals surface area contributed by atoms with Crippen molar-refractivity contribution in [1.82, 2.24) is 19.1 Å². The van der Waals surface area contributed by atoms with Gasteiger partial charge in [0.05, 0.1) is 16.5 Å². The molecule has 0 N–H and O–H groups in total. The smallest absolute Gasteiger partial charge is 0.243 e. The first-order valence-electron chi connectivity index (χ1n) is 11.0. The maximum absolute atomic E-state index is 13.0. The van der Waals surface area contributed by atoms with Crippen LogP contribution in [0, 0.1) is 11.3 Å². The Labute approximate surface area is 200 Å². The Morgan fingerprint density at radius 3 is 2.48 bits per heavy atom. The molecule has 0 saturated carbocycles. The van der Waals surface area contributed by atoms with E-state index in [9.17, 15) is 8.42 Å². The molecule has 3 aromatic rings. The average molecular weight is 484 g/mol. The van der Waals surface area contributed by atoms with Crippen molar-refractivity contribution < 1.29 is 8.42 Å². The van der Waals surface area contributed by atoms with Gasteiger partial charge in [-0.1, -0.05) is 56.8 Å². The van der Waals surface area contributed by atoms with Gasteiger partial charge in [-0.15, -0.1) is 10.2 Å². The fraction of sp³-hybridized carbons (Fsp3) is 0.375. The van der Waals surface area contributed by atoms with Gasteiger partial charge in [0.1, 0.15) is 0 Å². The van der Waals surface area contributed by atoms with Crippen LogP contribution in [0.2, 0.25) is 0 Å². The van der Waals surface area contributed by atoms with Crippen molar-refractivity contribution in [3.63, 3.8) is 0 Å². The van der Waals surface area contributed by atoms with Crippen molar-refractivity contribution in [2.24, 2.45) is 0 Å². The van der Waals surface area contributed by atoms with Crippen LogP contribution in [0.3, 0.4) is 0 Å². The SMILES string of the molecule is CCC(C)n1c(SCc2cccc(C#N)c2)nnc1-c1cccc(S(=O)(=O)N(CC)CC)c1. The van der Waals surface area contributed by atoms with Crippen LogP contribution >= 0.6 is 11.8 Å². The molecule has 0 aliphatic carbocycles. The summed E-state index contributed by atoms with van der Waals surface area (Å²) < 4.78 is 29.6. The number of rotatable bonds is 10. The highest BCUT2D eigenvalue weighted by molar-refractivity contribution is 7.98. The Morgan fingerprint density at radius 1 is 1.09 bits per heavy atom. The highest BCUT2D eigenvalue weighted by Gasteiger charge is 2.24. The molecule has 1 aromatic heterocycles. The van der Waals surface area contributed by atoms with E-state index in [4.69, 9.17) is 5.26 Å². The van der Waals surface area contributed by atoms with Gasteiger partial charge in [0.15, 0.2) is 11.0 Å². The molecule has 2 aromatic carbocycles. The second-order valence-electron chi connectivity index (χ2n) is 7.65. The fourth-order valence-electron chi connectivity index (χ4n) is 3.54. The molecule has 174 valence electrons. The number of sulfonamides is 1. The molecule has 0 aliphatic heterocycles. The molecule has 33 heavy (non-hydrogen) atoms. The van der Waals surface area contributed by atoms with E-state index in [0.717, 1.165) is 17.1 Å². The lowest BCUT2D eigenvalue weighted by molar-refractivity contribution is 0.445. The van der Waals surface area contributed by atoms with Gasteiger partial charge in [-0.25, -0.2) is 8.42 Å². The quantitative estimate of drug-likeness (QED) is 0.372. The Balaban J connectivity index is 1.97. The van der Waals surface area contributed by atoms with Crippen LogP contribution in [-0.4, -0.2) is 40.6 Å². The first-order chi connectivity index (χ1) is 15.8. The van der Waals surface area contributed by atoms with Gasteiger partial charge in [0.25, 0.3) is 0 Å². The van der Waals surface area contributed by atoms with E-state index in [-0.39, 0.29) is 10.9 Å². The molecular weight excluding hydrogens is 454 g/mol. The van der Waals surface area contributed by atoms with Gasteiger partial charge in [-0.05, 0) is 43.2 Å². The molecule has 0 aliphatic rings. The summed E-state index contributed by atoms with van der Waals surface area (Å²) in [6.07, 6.45) is 0.875. The zero-order valence-electron chi connectivity index (χ0n) is 19.4. The Morgan fingerprint density at radius 2 is 1.82 bits per heavy atom. The van der Waals surface area contributed by atoms with Crippen molar-refractivity contribution in [3.8, 4) is 17.5 Å². The Bertz CT molecular complexity index is 1240. The number of thioether (sulfide) groups is 1. The van der Waals surface area contributed by atoms with Crippen LogP contribution in [0.4, 0.5) is 0 Å². The van der Waals surface area contributed by atoms with Crippen LogP contribution in [-0.2, 0) is 15.8 Å². The molecule has 0 amide bonds. The number of hydrogen-bond donors (Lipinski definition) is 0. The van der Waals surface area contributed by atoms with E-state index in [1.807, 2.05) is 38.1 Å². The zero-order chi connectivity index (χ0) is 24.0. The molecule has 0 spiro atoms. The van der Waals surface area contributed by atoms with Crippen LogP contribution in [0.25, 0.3) is 11.4 Å². The summed E-state index contributed by atoms with van der Waals surface area (Å²) >= 11 is 1.55. The summed E-state index contributed by atoms with van der Waals surface area (Å²) in [6.45, 7) is 8.70. The summed E-state index contributed by atoms with van der Waals surface area (Å²) in [7, 11) is -3.57. The predicted octanol–water partition coefficient (Wildman–Crippen LogP) is 5.11. The maximum Gasteiger partial charge on any atom is 0.243 e. The standard InChI is InChI=1S/C24H29N5O2S2/c1-5-18(4)29-23(21-12-9-13-22(15-21)33(30,31)28(6-2)7-3)26-27-24(29)32-17-20-11-8-10-19(14-20)16-25/h8-15,18H,5-7,17H2,1-4H3. The fourth-order valence-corrected chi connectivity index (χ4v) is 6.02. The molecule has 9 heteroatoms. The minimum atomic E-state index is -3.57. The van der Waals surface area contributed by atoms with Crippen LogP contribution < -0.4 is 0 Å². The lowest BCUT2D eigenvalue weighted by atomic mass is 10.2. The largest absolute Gasteiger partial charge is 0.299 e. The number of nitriles is 1. The minimum absolute atomic E-state index is 0.131. The number of aromatic nitrogens is 3. The second kappa shape index (κ2) is 11.0. The van der Waals surface area contributed by atoms with Gasteiger partial charge in [0.2, 0.25) is 10.0 Å². The molecule has 0 fully saturated rings. The first kappa shape index (κ1) is 25.0. The minimum Gasteiger partial charge on any atom is -0.299 e. The normalized spacial score (nSPS) is 12.6. The molecule has 1 unspecified atom stereocenters. The van der Waals surface area contributed by atoms with E-state index >= 15 is 0 Å². The average Bonchev–Trinajstić information content (AvgIpc) is 3.27. The van der Waals surface area contributed by atoms with E-state index in [2.05, 4.69) is 34.7 Å². The summed E-state index contributed by atoms with van der Waals surface area (Å²) in [5.74, 6) is 1.30. The maximum atomic E-state index is 13.0. The molecule has 1 heterocycles. The lowest BCUT2D eigenvalue weighted by Crippen LogP contribution is -2.30. The Kier molecular flexibility index (Phi) is 8.30. The molecule has 0 bridgehead atoms. The monoisotopic (exact) mass is 483 g/mol. The summed E-state index contributed by atoms with van der Waals surface area (Å²) in [6, 6.07) is 16.7. The van der Waals surface area contributed by atoms with E-state index < -0.39 is 10.0 Å². The van der Waals surface area contributed by atoms with Crippen LogP contribution in [0.5, 0.6) is 0 Å². The van der Waals surface area contributed by atoms with Crippen LogP contribution in [0.15, 0.2) is 58.6 Å². The van der Waals surface area contributed by atoms with E-state index in [0.29, 0.717) is 35.8 Å². The summed E-state index contributed by atoms with van der Waals surface area (Å²) in [4.78, 5) is 0.255. The molecule has 7 nitrogen and oxygen atoms in total. The third kappa shape index (κ3) is 5.46. The summed E-state index contributed by atoms with van der Waals surface area (Å²) in [5.41, 5.74) is 2.38. The zero-order valence-corrected chi connectivity index (χ0v) is 21.0.